The molecule has 19 heavy (non-hydrogen) atoms. The quantitative estimate of drug-likeness (QED) is 0.714. The molecular weight excluding hydrogens is 234 g/mol. The maximum atomic E-state index is 5.45. The number of rotatable bonds is 2. The first kappa shape index (κ1) is 11.8. The molecular formula is C17H17NO. The summed E-state index contributed by atoms with van der Waals surface area (Å²) in [6, 6.07) is 14.8. The molecule has 0 bridgehead atoms. The van der Waals surface area contributed by atoms with Crippen LogP contribution >= 0.6 is 0 Å². The molecule has 1 aromatic heterocycles. The average molecular weight is 251 g/mol. The van der Waals surface area contributed by atoms with Gasteiger partial charge in [-0.15, -0.1) is 0 Å². The zero-order chi connectivity index (χ0) is 13.4. The zero-order valence-electron chi connectivity index (χ0n) is 11.4. The lowest BCUT2D eigenvalue weighted by molar-refractivity contribution is 0.416. The second-order valence-electron chi connectivity index (χ2n) is 4.98. The van der Waals surface area contributed by atoms with Gasteiger partial charge in [0.1, 0.15) is 5.75 Å². The number of hydrogen-bond donors (Lipinski definition) is 1. The second kappa shape index (κ2) is 4.47. The molecule has 3 rings (SSSR count). The van der Waals surface area contributed by atoms with Crippen LogP contribution in [0.4, 0.5) is 0 Å². The van der Waals surface area contributed by atoms with E-state index in [2.05, 4.69) is 55.2 Å². The summed E-state index contributed by atoms with van der Waals surface area (Å²) in [6.45, 7) is 4.20. The Labute approximate surface area is 113 Å². The third-order valence-corrected chi connectivity index (χ3v) is 3.42. The number of aryl methyl sites for hydroxylation is 2. The van der Waals surface area contributed by atoms with E-state index in [1.807, 2.05) is 6.07 Å². The van der Waals surface area contributed by atoms with Crippen LogP contribution in [-0.4, -0.2) is 12.1 Å². The van der Waals surface area contributed by atoms with Crippen molar-refractivity contribution in [1.82, 2.24) is 4.98 Å². The molecule has 0 aliphatic heterocycles. The monoisotopic (exact) mass is 251 g/mol. The molecule has 96 valence electrons. The van der Waals surface area contributed by atoms with Crippen molar-refractivity contribution >= 4 is 10.9 Å². The minimum atomic E-state index is 0.897. The second-order valence-corrected chi connectivity index (χ2v) is 4.98. The van der Waals surface area contributed by atoms with Crippen molar-refractivity contribution in [3.8, 4) is 17.0 Å². The number of methoxy groups -OCH3 is 1. The van der Waals surface area contributed by atoms with Crippen molar-refractivity contribution in [3.63, 3.8) is 0 Å². The number of H-pyrrole nitrogens is 1. The standard InChI is InChI=1S/C17H17NO/c1-11-4-6-15-13(8-11)10-16(18-15)14-9-12(2)5-7-17(14)19-3/h4-10,18H,1-3H3. The van der Waals surface area contributed by atoms with E-state index in [4.69, 9.17) is 4.74 Å². The van der Waals surface area contributed by atoms with Crippen LogP contribution in [0.2, 0.25) is 0 Å². The molecule has 1 heterocycles. The fourth-order valence-corrected chi connectivity index (χ4v) is 2.43. The maximum Gasteiger partial charge on any atom is 0.128 e. The first-order valence-electron chi connectivity index (χ1n) is 6.42. The van der Waals surface area contributed by atoms with E-state index >= 15 is 0 Å². The summed E-state index contributed by atoms with van der Waals surface area (Å²) in [5.41, 5.74) is 5.86. The molecule has 2 aromatic carbocycles. The maximum absolute atomic E-state index is 5.45. The highest BCUT2D eigenvalue weighted by atomic mass is 16.5. The molecule has 0 fully saturated rings. The van der Waals surface area contributed by atoms with Gasteiger partial charge in [0.05, 0.1) is 12.8 Å². The fourth-order valence-electron chi connectivity index (χ4n) is 2.43. The third-order valence-electron chi connectivity index (χ3n) is 3.42. The minimum Gasteiger partial charge on any atom is -0.496 e. The third kappa shape index (κ3) is 2.10. The summed E-state index contributed by atoms with van der Waals surface area (Å²) < 4.78 is 5.45. The van der Waals surface area contributed by atoms with Crippen LogP contribution in [0.5, 0.6) is 5.75 Å². The summed E-state index contributed by atoms with van der Waals surface area (Å²) in [5, 5.41) is 1.23. The van der Waals surface area contributed by atoms with Gasteiger partial charge in [-0.1, -0.05) is 23.3 Å². The van der Waals surface area contributed by atoms with Crippen molar-refractivity contribution < 1.29 is 4.74 Å². The number of nitrogens with one attached hydrogen (secondary N) is 1. The molecule has 0 unspecified atom stereocenters. The highest BCUT2D eigenvalue weighted by Crippen LogP contribution is 2.32. The van der Waals surface area contributed by atoms with Crippen molar-refractivity contribution in [2.75, 3.05) is 7.11 Å². The first-order valence-corrected chi connectivity index (χ1v) is 6.42. The Kier molecular flexibility index (Phi) is 2.79. The summed E-state index contributed by atoms with van der Waals surface area (Å²) in [5.74, 6) is 0.897. The normalized spacial score (nSPS) is 10.9. The van der Waals surface area contributed by atoms with Gasteiger partial charge in [0, 0.05) is 16.5 Å². The predicted octanol–water partition coefficient (Wildman–Crippen LogP) is 4.46. The van der Waals surface area contributed by atoms with Gasteiger partial charge in [-0.3, -0.25) is 0 Å². The number of benzene rings is 2. The lowest BCUT2D eigenvalue weighted by Crippen LogP contribution is -1.88. The average Bonchev–Trinajstić information content (AvgIpc) is 2.81. The topological polar surface area (TPSA) is 25.0 Å². The van der Waals surface area contributed by atoms with Gasteiger partial charge in [0.15, 0.2) is 0 Å². The Balaban J connectivity index is 2.21. The lowest BCUT2D eigenvalue weighted by atomic mass is 10.1. The Morgan fingerprint density at radius 1 is 0.895 bits per heavy atom. The molecule has 2 heteroatoms. The molecule has 0 saturated heterocycles. The Morgan fingerprint density at radius 3 is 2.42 bits per heavy atom. The van der Waals surface area contributed by atoms with Crippen LogP contribution in [0.3, 0.4) is 0 Å². The van der Waals surface area contributed by atoms with Crippen molar-refractivity contribution in [2.45, 2.75) is 13.8 Å². The predicted molar refractivity (Wildman–Crippen MR) is 79.8 cm³/mol. The lowest BCUT2D eigenvalue weighted by Gasteiger charge is -2.07. The van der Waals surface area contributed by atoms with Crippen molar-refractivity contribution in [2.24, 2.45) is 0 Å². The van der Waals surface area contributed by atoms with E-state index in [0.717, 1.165) is 22.5 Å². The van der Waals surface area contributed by atoms with Crippen LogP contribution in [0, 0.1) is 13.8 Å². The van der Waals surface area contributed by atoms with E-state index in [-0.39, 0.29) is 0 Å². The van der Waals surface area contributed by atoms with E-state index in [1.165, 1.54) is 16.5 Å². The van der Waals surface area contributed by atoms with Crippen LogP contribution in [-0.2, 0) is 0 Å². The van der Waals surface area contributed by atoms with Gasteiger partial charge < -0.3 is 9.72 Å². The van der Waals surface area contributed by atoms with Gasteiger partial charge in [-0.2, -0.15) is 0 Å². The molecule has 0 saturated carbocycles. The van der Waals surface area contributed by atoms with Gasteiger partial charge in [-0.05, 0) is 44.2 Å². The number of ether oxygens (including phenoxy) is 1. The highest BCUT2D eigenvalue weighted by molar-refractivity contribution is 5.87. The van der Waals surface area contributed by atoms with E-state index in [0.29, 0.717) is 0 Å². The van der Waals surface area contributed by atoms with Crippen LogP contribution in [0.15, 0.2) is 42.5 Å². The summed E-state index contributed by atoms with van der Waals surface area (Å²) in [6.07, 6.45) is 0. The molecule has 0 atom stereocenters. The van der Waals surface area contributed by atoms with E-state index in [1.54, 1.807) is 7.11 Å². The van der Waals surface area contributed by atoms with E-state index in [9.17, 15) is 0 Å². The number of aromatic amines is 1. The summed E-state index contributed by atoms with van der Waals surface area (Å²) >= 11 is 0. The van der Waals surface area contributed by atoms with Crippen LogP contribution < -0.4 is 4.74 Å². The van der Waals surface area contributed by atoms with Gasteiger partial charge in [0.25, 0.3) is 0 Å². The molecule has 0 radical (unpaired) electrons. The molecule has 0 aliphatic rings. The molecule has 1 N–H and O–H groups in total. The van der Waals surface area contributed by atoms with Crippen LogP contribution in [0.1, 0.15) is 11.1 Å². The largest absolute Gasteiger partial charge is 0.496 e. The Bertz CT molecular complexity index is 740. The molecule has 0 spiro atoms. The SMILES string of the molecule is COc1ccc(C)cc1-c1cc2cc(C)ccc2[nH]1. The van der Waals surface area contributed by atoms with Gasteiger partial charge >= 0.3 is 0 Å². The number of hydrogen-bond acceptors (Lipinski definition) is 1. The smallest absolute Gasteiger partial charge is 0.128 e. The Hall–Kier alpha value is -2.22. The molecule has 0 aliphatic carbocycles. The first-order chi connectivity index (χ1) is 9.17. The van der Waals surface area contributed by atoms with Crippen LogP contribution in [0.25, 0.3) is 22.2 Å². The van der Waals surface area contributed by atoms with Gasteiger partial charge in [-0.25, -0.2) is 0 Å². The fraction of sp³-hybridized carbons (Fsp3) is 0.176. The summed E-state index contributed by atoms with van der Waals surface area (Å²) in [4.78, 5) is 3.46. The highest BCUT2D eigenvalue weighted by Gasteiger charge is 2.09. The zero-order valence-corrected chi connectivity index (χ0v) is 11.4. The van der Waals surface area contributed by atoms with E-state index < -0.39 is 0 Å². The van der Waals surface area contributed by atoms with Crippen molar-refractivity contribution in [1.29, 1.82) is 0 Å². The molecule has 3 aromatic rings. The van der Waals surface area contributed by atoms with Crippen molar-refractivity contribution in [3.05, 3.63) is 53.6 Å². The number of aromatic nitrogens is 1. The Morgan fingerprint density at radius 2 is 1.63 bits per heavy atom. The molecule has 0 amide bonds. The molecule has 2 nitrogen and oxygen atoms in total. The summed E-state index contributed by atoms with van der Waals surface area (Å²) in [7, 11) is 1.71. The minimum absolute atomic E-state index is 0.897. The van der Waals surface area contributed by atoms with Gasteiger partial charge in [0.2, 0.25) is 0 Å². The number of fused-ring (bicyclic) bond motifs is 1.